The number of hydrogen-bond donors (Lipinski definition) is 0. The van der Waals surface area contributed by atoms with Crippen LogP contribution in [-0.2, 0) is 6.42 Å². The van der Waals surface area contributed by atoms with Crippen molar-refractivity contribution in [3.63, 3.8) is 0 Å². The highest BCUT2D eigenvalue weighted by molar-refractivity contribution is 7.99. The molecule has 0 saturated carbocycles. The van der Waals surface area contributed by atoms with Gasteiger partial charge >= 0.3 is 0 Å². The smallest absolute Gasteiger partial charge is 0.187 e. The van der Waals surface area contributed by atoms with E-state index < -0.39 is 0 Å². The monoisotopic (exact) mass is 326 g/mol. The van der Waals surface area contributed by atoms with Gasteiger partial charge in [0.05, 0.1) is 11.3 Å². The maximum Gasteiger partial charge on any atom is 0.187 e. The average Bonchev–Trinajstić information content (AvgIpc) is 2.52. The Morgan fingerprint density at radius 2 is 1.96 bits per heavy atom. The topological polar surface area (TPSA) is 42.9 Å². The SMILES string of the molecule is CC(CSc1ncc2c(n1)CC(C)(C)CC2=O)c1ccccc1. The van der Waals surface area contributed by atoms with Crippen LogP contribution in [0.5, 0.6) is 0 Å². The number of ketones is 1. The molecule has 1 heterocycles. The molecule has 3 nitrogen and oxygen atoms in total. The van der Waals surface area contributed by atoms with E-state index in [-0.39, 0.29) is 11.2 Å². The number of Topliss-reactive ketones (excluding diaryl/α,β-unsaturated/α-hetero) is 1. The van der Waals surface area contributed by atoms with Crippen molar-refractivity contribution in [1.82, 2.24) is 9.97 Å². The number of aromatic nitrogens is 2. The lowest BCUT2D eigenvalue weighted by atomic mass is 9.76. The Morgan fingerprint density at radius 3 is 2.70 bits per heavy atom. The molecular weight excluding hydrogens is 304 g/mol. The van der Waals surface area contributed by atoms with Crippen LogP contribution in [0.25, 0.3) is 0 Å². The third-order valence-corrected chi connectivity index (χ3v) is 5.38. The Balaban J connectivity index is 1.72. The number of rotatable bonds is 4. The molecule has 1 aromatic heterocycles. The first-order valence-corrected chi connectivity index (χ1v) is 9.00. The lowest BCUT2D eigenvalue weighted by molar-refractivity contribution is 0.0909. The van der Waals surface area contributed by atoms with E-state index in [9.17, 15) is 4.79 Å². The highest BCUT2D eigenvalue weighted by atomic mass is 32.2. The van der Waals surface area contributed by atoms with Gasteiger partial charge < -0.3 is 0 Å². The van der Waals surface area contributed by atoms with E-state index >= 15 is 0 Å². The number of hydrogen-bond acceptors (Lipinski definition) is 4. The normalized spacial score (nSPS) is 17.6. The first-order chi connectivity index (χ1) is 10.9. The zero-order valence-electron chi connectivity index (χ0n) is 13.9. The Labute approximate surface area is 141 Å². The Hall–Kier alpha value is -1.68. The highest BCUT2D eigenvalue weighted by Crippen LogP contribution is 2.34. The summed E-state index contributed by atoms with van der Waals surface area (Å²) in [6.07, 6.45) is 3.15. The predicted octanol–water partition coefficient (Wildman–Crippen LogP) is 4.53. The lowest BCUT2D eigenvalue weighted by Crippen LogP contribution is -2.28. The second-order valence-electron chi connectivity index (χ2n) is 7.08. The molecule has 0 aliphatic heterocycles. The fourth-order valence-corrected chi connectivity index (χ4v) is 3.85. The number of thioether (sulfide) groups is 1. The molecule has 1 aromatic carbocycles. The standard InChI is InChI=1S/C19H22N2OS/c1-13(14-7-5-4-6-8-14)12-23-18-20-11-15-16(21-18)9-19(2,3)10-17(15)22/h4-8,11,13H,9-10,12H2,1-3H3. The summed E-state index contributed by atoms with van der Waals surface area (Å²) in [6, 6.07) is 10.5. The van der Waals surface area contributed by atoms with E-state index in [1.54, 1.807) is 18.0 Å². The van der Waals surface area contributed by atoms with Gasteiger partial charge in [0.25, 0.3) is 0 Å². The molecule has 0 spiro atoms. The Morgan fingerprint density at radius 1 is 1.22 bits per heavy atom. The minimum Gasteiger partial charge on any atom is -0.294 e. The number of fused-ring (bicyclic) bond motifs is 1. The van der Waals surface area contributed by atoms with Crippen LogP contribution in [0.4, 0.5) is 0 Å². The third-order valence-electron chi connectivity index (χ3n) is 4.26. The molecule has 0 N–H and O–H groups in total. The summed E-state index contributed by atoms with van der Waals surface area (Å²) in [7, 11) is 0. The summed E-state index contributed by atoms with van der Waals surface area (Å²) >= 11 is 1.66. The summed E-state index contributed by atoms with van der Waals surface area (Å²) in [4.78, 5) is 21.2. The van der Waals surface area contributed by atoms with Gasteiger partial charge in [-0.2, -0.15) is 0 Å². The first kappa shape index (κ1) is 16.2. The minimum absolute atomic E-state index is 0.00228. The van der Waals surface area contributed by atoms with Crippen molar-refractivity contribution in [1.29, 1.82) is 0 Å². The molecule has 0 fully saturated rings. The van der Waals surface area contributed by atoms with Crippen LogP contribution in [-0.4, -0.2) is 21.5 Å². The van der Waals surface area contributed by atoms with Crippen molar-refractivity contribution in [2.24, 2.45) is 5.41 Å². The number of nitrogens with zero attached hydrogens (tertiary/aromatic N) is 2. The zero-order valence-corrected chi connectivity index (χ0v) is 14.7. The van der Waals surface area contributed by atoms with Gasteiger partial charge in [-0.25, -0.2) is 9.97 Å². The van der Waals surface area contributed by atoms with Gasteiger partial charge in [-0.1, -0.05) is 62.9 Å². The number of benzene rings is 1. The highest BCUT2D eigenvalue weighted by Gasteiger charge is 2.32. The molecule has 2 aromatic rings. The minimum atomic E-state index is -0.00228. The average molecular weight is 326 g/mol. The second kappa shape index (κ2) is 6.44. The molecule has 0 bridgehead atoms. The quantitative estimate of drug-likeness (QED) is 0.611. The van der Waals surface area contributed by atoms with E-state index in [1.807, 2.05) is 6.07 Å². The van der Waals surface area contributed by atoms with E-state index in [0.29, 0.717) is 17.9 Å². The predicted molar refractivity (Wildman–Crippen MR) is 94.0 cm³/mol. The van der Waals surface area contributed by atoms with Gasteiger partial charge in [0.15, 0.2) is 10.9 Å². The summed E-state index contributed by atoms with van der Waals surface area (Å²) in [5.41, 5.74) is 2.95. The molecule has 4 heteroatoms. The molecule has 3 rings (SSSR count). The Kier molecular flexibility index (Phi) is 4.53. The van der Waals surface area contributed by atoms with Gasteiger partial charge in [-0.3, -0.25) is 4.79 Å². The van der Waals surface area contributed by atoms with Crippen molar-refractivity contribution in [3.8, 4) is 0 Å². The van der Waals surface area contributed by atoms with Crippen LogP contribution < -0.4 is 0 Å². The largest absolute Gasteiger partial charge is 0.294 e. The molecule has 1 aliphatic rings. The molecular formula is C19H22N2OS. The van der Waals surface area contributed by atoms with E-state index in [1.165, 1.54) is 5.56 Å². The molecule has 0 radical (unpaired) electrons. The van der Waals surface area contributed by atoms with Gasteiger partial charge in [-0.15, -0.1) is 0 Å². The summed E-state index contributed by atoms with van der Waals surface area (Å²) in [6.45, 7) is 6.47. The van der Waals surface area contributed by atoms with Crippen LogP contribution in [0, 0.1) is 5.41 Å². The van der Waals surface area contributed by atoms with Crippen molar-refractivity contribution >= 4 is 17.5 Å². The van der Waals surface area contributed by atoms with Crippen molar-refractivity contribution in [2.75, 3.05) is 5.75 Å². The molecule has 0 amide bonds. The molecule has 120 valence electrons. The molecule has 1 aliphatic carbocycles. The van der Waals surface area contributed by atoms with Crippen LogP contribution in [0.15, 0.2) is 41.7 Å². The van der Waals surface area contributed by atoms with E-state index in [2.05, 4.69) is 55.0 Å². The van der Waals surface area contributed by atoms with E-state index in [0.717, 1.165) is 23.0 Å². The van der Waals surface area contributed by atoms with Crippen LogP contribution in [0.2, 0.25) is 0 Å². The maximum atomic E-state index is 12.2. The molecule has 23 heavy (non-hydrogen) atoms. The van der Waals surface area contributed by atoms with Crippen molar-refractivity contribution < 1.29 is 4.79 Å². The van der Waals surface area contributed by atoms with Gasteiger partial charge in [0, 0.05) is 18.4 Å². The maximum absolute atomic E-state index is 12.2. The van der Waals surface area contributed by atoms with E-state index in [4.69, 9.17) is 0 Å². The van der Waals surface area contributed by atoms with Crippen LogP contribution in [0.1, 0.15) is 54.7 Å². The van der Waals surface area contributed by atoms with Crippen LogP contribution >= 0.6 is 11.8 Å². The number of carbonyl (C=O) groups is 1. The third kappa shape index (κ3) is 3.81. The number of carbonyl (C=O) groups excluding carboxylic acids is 1. The fraction of sp³-hybridized carbons (Fsp3) is 0.421. The first-order valence-electron chi connectivity index (χ1n) is 8.01. The summed E-state index contributed by atoms with van der Waals surface area (Å²) in [5, 5.41) is 0.775. The van der Waals surface area contributed by atoms with Crippen LogP contribution in [0.3, 0.4) is 0 Å². The lowest BCUT2D eigenvalue weighted by Gasteiger charge is -2.29. The van der Waals surface area contributed by atoms with Crippen molar-refractivity contribution in [3.05, 3.63) is 53.3 Å². The summed E-state index contributed by atoms with van der Waals surface area (Å²) in [5.74, 6) is 1.55. The van der Waals surface area contributed by atoms with Gasteiger partial charge in [-0.05, 0) is 23.3 Å². The Bertz CT molecular complexity index is 713. The summed E-state index contributed by atoms with van der Waals surface area (Å²) < 4.78 is 0. The second-order valence-corrected chi connectivity index (χ2v) is 8.06. The van der Waals surface area contributed by atoms with Gasteiger partial charge in [0.1, 0.15) is 0 Å². The fourth-order valence-electron chi connectivity index (χ4n) is 2.96. The van der Waals surface area contributed by atoms with Gasteiger partial charge in [0.2, 0.25) is 0 Å². The molecule has 0 saturated heterocycles. The molecule has 1 atom stereocenters. The molecule has 1 unspecified atom stereocenters. The van der Waals surface area contributed by atoms with Crippen molar-refractivity contribution in [2.45, 2.75) is 44.7 Å². The zero-order chi connectivity index (χ0) is 16.4.